The van der Waals surface area contributed by atoms with Crippen molar-refractivity contribution < 1.29 is 4.79 Å². The molecule has 6 nitrogen and oxygen atoms in total. The average molecular weight is 177 g/mol. The van der Waals surface area contributed by atoms with Gasteiger partial charge in [-0.15, -0.1) is 21.8 Å². The molecule has 1 heterocycles. The average Bonchev–Trinajstić information content (AvgIpc) is 2.37. The van der Waals surface area contributed by atoms with Gasteiger partial charge in [0.05, 0.1) is 0 Å². The largest absolute Gasteiger partial charge is 0.272 e. The molecule has 0 aromatic rings. The molecule has 0 aromatic carbocycles. The fourth-order valence-corrected chi connectivity index (χ4v) is 0.562. The van der Waals surface area contributed by atoms with Gasteiger partial charge in [0.25, 0.3) is 5.91 Å². The molecule has 0 bridgehead atoms. The van der Waals surface area contributed by atoms with Crippen LogP contribution in [0.2, 0.25) is 0 Å². The van der Waals surface area contributed by atoms with E-state index in [1.165, 1.54) is 10.2 Å². The Bertz CT molecular complexity index is 183. The first-order valence-corrected chi connectivity index (χ1v) is 3.37. The van der Waals surface area contributed by atoms with E-state index in [0.29, 0.717) is 0 Å². The fourth-order valence-electron chi connectivity index (χ4n) is 0.502. The summed E-state index contributed by atoms with van der Waals surface area (Å²) in [5.41, 5.74) is 4.91. The number of hydrogen-bond donors (Lipinski definition) is 2. The molecule has 0 saturated heterocycles. The molecule has 2 N–H and O–H groups in total. The Kier molecular flexibility index (Phi) is 2.50. The molecule has 7 heteroatoms. The summed E-state index contributed by atoms with van der Waals surface area (Å²) < 4.78 is 0. The maximum atomic E-state index is 10.7. The highest BCUT2D eigenvalue weighted by atomic mass is 35.5. The maximum absolute atomic E-state index is 10.7. The lowest BCUT2D eigenvalue weighted by molar-refractivity contribution is -0.127. The van der Waals surface area contributed by atoms with Crippen LogP contribution in [0.5, 0.6) is 0 Å². The van der Waals surface area contributed by atoms with Crippen LogP contribution in [-0.2, 0) is 4.79 Å². The number of alkyl halides is 1. The molecule has 1 rings (SSSR count). The number of halogens is 1. The van der Waals surface area contributed by atoms with Crippen LogP contribution >= 0.6 is 11.6 Å². The van der Waals surface area contributed by atoms with E-state index < -0.39 is 0 Å². The molecule has 1 aliphatic rings. The second-order valence-electron chi connectivity index (χ2n) is 1.82. The first-order chi connectivity index (χ1) is 5.24. The highest BCUT2D eigenvalue weighted by Crippen LogP contribution is 1.89. The van der Waals surface area contributed by atoms with Gasteiger partial charge in [0.15, 0.2) is 0 Å². The minimum absolute atomic E-state index is 0.0913. The summed E-state index contributed by atoms with van der Waals surface area (Å²) >= 11 is 5.24. The van der Waals surface area contributed by atoms with Gasteiger partial charge in [0, 0.05) is 7.05 Å². The summed E-state index contributed by atoms with van der Waals surface area (Å²) in [6.45, 7) is 0. The van der Waals surface area contributed by atoms with E-state index >= 15 is 0 Å². The molecule has 0 unspecified atom stereocenters. The Labute approximate surface area is 68.7 Å². The highest BCUT2D eigenvalue weighted by molar-refractivity contribution is 6.27. The van der Waals surface area contributed by atoms with Crippen molar-refractivity contribution in [2.24, 2.45) is 5.10 Å². The molecule has 0 spiro atoms. The zero-order valence-corrected chi connectivity index (χ0v) is 6.59. The Morgan fingerprint density at radius 3 is 3.09 bits per heavy atom. The van der Waals surface area contributed by atoms with Crippen molar-refractivity contribution >= 4 is 23.8 Å². The van der Waals surface area contributed by atoms with Crippen LogP contribution < -0.4 is 11.0 Å². The predicted molar refractivity (Wildman–Crippen MR) is 39.0 cm³/mol. The third kappa shape index (κ3) is 1.95. The minimum Gasteiger partial charge on any atom is -0.272 e. The molecule has 0 saturated carbocycles. The number of carbonyl (C=O) groups excluding carboxylic acids is 1. The third-order valence-electron chi connectivity index (χ3n) is 0.991. The van der Waals surface area contributed by atoms with E-state index in [-0.39, 0.29) is 11.8 Å². The van der Waals surface area contributed by atoms with Gasteiger partial charge < -0.3 is 0 Å². The molecule has 1 radical (unpaired) electrons. The number of hydrazone groups is 1. The van der Waals surface area contributed by atoms with E-state index in [9.17, 15) is 4.79 Å². The van der Waals surface area contributed by atoms with E-state index in [1.54, 1.807) is 7.05 Å². The van der Waals surface area contributed by atoms with Crippen molar-refractivity contribution in [1.82, 2.24) is 21.2 Å². The van der Waals surface area contributed by atoms with Crippen LogP contribution in [0.1, 0.15) is 0 Å². The van der Waals surface area contributed by atoms with Gasteiger partial charge in [0.2, 0.25) is 6.34 Å². The summed E-state index contributed by atoms with van der Waals surface area (Å²) in [4.78, 5) is 10.7. The Balaban J connectivity index is 2.36. The first kappa shape index (κ1) is 8.09. The molecule has 1 amide bonds. The second kappa shape index (κ2) is 3.40. The van der Waals surface area contributed by atoms with Gasteiger partial charge >= 0.3 is 0 Å². The summed E-state index contributed by atoms with van der Waals surface area (Å²) in [5.74, 6) is -0.406. The van der Waals surface area contributed by atoms with Crippen molar-refractivity contribution in [1.29, 1.82) is 0 Å². The number of carbonyl (C=O) groups is 1. The number of rotatable bonds is 2. The number of nitrogens with one attached hydrogen (secondary N) is 2. The summed E-state index contributed by atoms with van der Waals surface area (Å²) in [6, 6.07) is 0. The van der Waals surface area contributed by atoms with Crippen LogP contribution in [0, 0.1) is 0 Å². The van der Waals surface area contributed by atoms with E-state index in [4.69, 9.17) is 11.6 Å². The molecule has 0 atom stereocenters. The highest BCUT2D eigenvalue weighted by Gasteiger charge is 2.14. The molecule has 0 aliphatic carbocycles. The topological polar surface area (TPSA) is 60.0 Å². The van der Waals surface area contributed by atoms with Crippen molar-refractivity contribution in [3.63, 3.8) is 0 Å². The van der Waals surface area contributed by atoms with Crippen LogP contribution in [-0.4, -0.2) is 35.4 Å². The smallest absolute Gasteiger partial charge is 0.254 e. The zero-order chi connectivity index (χ0) is 8.27. The van der Waals surface area contributed by atoms with Crippen molar-refractivity contribution in [3.8, 4) is 0 Å². The Morgan fingerprint density at radius 1 is 1.91 bits per heavy atom. The SMILES string of the molecule is CN1NN=[C]N1NC(=O)CCl. The van der Waals surface area contributed by atoms with Gasteiger partial charge in [-0.25, -0.2) is 11.0 Å². The van der Waals surface area contributed by atoms with Crippen LogP contribution in [0.3, 0.4) is 0 Å². The van der Waals surface area contributed by atoms with Gasteiger partial charge in [-0.05, 0) is 0 Å². The number of amides is 1. The van der Waals surface area contributed by atoms with Crippen molar-refractivity contribution in [2.45, 2.75) is 0 Å². The van der Waals surface area contributed by atoms with Gasteiger partial charge in [-0.3, -0.25) is 4.79 Å². The summed E-state index contributed by atoms with van der Waals surface area (Å²) in [7, 11) is 1.66. The first-order valence-electron chi connectivity index (χ1n) is 2.84. The lowest BCUT2D eigenvalue weighted by Crippen LogP contribution is -2.50. The maximum Gasteiger partial charge on any atom is 0.254 e. The zero-order valence-electron chi connectivity index (χ0n) is 5.83. The molecular formula is C4H7ClN5O. The quantitative estimate of drug-likeness (QED) is 0.516. The molecular weight excluding hydrogens is 170 g/mol. The summed E-state index contributed by atoms with van der Waals surface area (Å²) in [5, 5.41) is 6.22. The lowest BCUT2D eigenvalue weighted by Gasteiger charge is -2.20. The number of nitrogens with zero attached hydrogens (tertiary/aromatic N) is 3. The van der Waals surface area contributed by atoms with Crippen LogP contribution in [0.4, 0.5) is 0 Å². The molecule has 0 aromatic heterocycles. The van der Waals surface area contributed by atoms with Crippen molar-refractivity contribution in [2.75, 3.05) is 12.9 Å². The third-order valence-corrected chi connectivity index (χ3v) is 1.23. The number of hydrogen-bond acceptors (Lipinski definition) is 5. The van der Waals surface area contributed by atoms with Gasteiger partial charge in [-0.2, -0.15) is 5.12 Å². The Hall–Kier alpha value is -1.01. The molecule has 1 aliphatic heterocycles. The van der Waals surface area contributed by atoms with Crippen LogP contribution in [0.15, 0.2) is 5.10 Å². The standard InChI is InChI=1S/C4H7ClN5O/c1-9-8-6-3-10(9)7-4(11)2-5/h8H,2H2,1H3,(H,7,11). The molecule has 0 fully saturated rings. The monoisotopic (exact) mass is 176 g/mol. The normalized spacial score (nSPS) is 16.7. The van der Waals surface area contributed by atoms with Gasteiger partial charge in [-0.1, -0.05) is 0 Å². The van der Waals surface area contributed by atoms with Gasteiger partial charge in [0.1, 0.15) is 5.88 Å². The second-order valence-corrected chi connectivity index (χ2v) is 2.08. The number of hydrazine groups is 3. The Morgan fingerprint density at radius 2 is 2.64 bits per heavy atom. The fraction of sp³-hybridized carbons (Fsp3) is 0.500. The lowest BCUT2D eigenvalue weighted by atomic mass is 10.7. The van der Waals surface area contributed by atoms with E-state index in [0.717, 1.165) is 0 Å². The van der Waals surface area contributed by atoms with E-state index in [1.807, 2.05) is 0 Å². The molecule has 61 valence electrons. The minimum atomic E-state index is -0.315. The van der Waals surface area contributed by atoms with E-state index in [2.05, 4.69) is 22.4 Å². The predicted octanol–water partition coefficient (Wildman–Crippen LogP) is -1.26. The van der Waals surface area contributed by atoms with Crippen molar-refractivity contribution in [3.05, 3.63) is 0 Å². The van der Waals surface area contributed by atoms with Crippen LogP contribution in [0.25, 0.3) is 0 Å². The molecule has 11 heavy (non-hydrogen) atoms. The summed E-state index contributed by atoms with van der Waals surface area (Å²) in [6.07, 6.45) is 2.45.